The topological polar surface area (TPSA) is 59.9 Å². The molecule has 0 bridgehead atoms. The van der Waals surface area contributed by atoms with Gasteiger partial charge in [-0.1, -0.05) is 0 Å². The molecule has 0 atom stereocenters. The predicted molar refractivity (Wildman–Crippen MR) is 66.6 cm³/mol. The second-order valence-corrected chi connectivity index (χ2v) is 4.51. The van der Waals surface area contributed by atoms with E-state index in [4.69, 9.17) is 4.74 Å². The molecule has 0 aliphatic heterocycles. The molecule has 1 N–H and O–H groups in total. The molecule has 2 heterocycles. The molecule has 0 radical (unpaired) electrons. The van der Waals surface area contributed by atoms with Crippen molar-refractivity contribution in [3.05, 3.63) is 29.0 Å². The van der Waals surface area contributed by atoms with Crippen LogP contribution in [0.4, 0.5) is 0 Å². The van der Waals surface area contributed by atoms with Gasteiger partial charge in [-0.05, 0) is 13.1 Å². The SMILES string of the molecule is CNCc1sc(-c2ncccn2)nc1COC. The Hall–Kier alpha value is -1.37. The van der Waals surface area contributed by atoms with Crippen LogP contribution in [0.5, 0.6) is 0 Å². The van der Waals surface area contributed by atoms with E-state index in [0.717, 1.165) is 22.1 Å². The first-order chi connectivity index (χ1) is 8.35. The summed E-state index contributed by atoms with van der Waals surface area (Å²) in [7, 11) is 3.58. The first-order valence-electron chi connectivity index (χ1n) is 5.24. The summed E-state index contributed by atoms with van der Waals surface area (Å²) in [6.07, 6.45) is 3.44. The summed E-state index contributed by atoms with van der Waals surface area (Å²) in [6, 6.07) is 1.79. The molecular formula is C11H14N4OS. The van der Waals surface area contributed by atoms with Gasteiger partial charge in [0, 0.05) is 30.9 Å². The van der Waals surface area contributed by atoms with Crippen molar-refractivity contribution in [2.24, 2.45) is 0 Å². The Morgan fingerprint density at radius 3 is 2.76 bits per heavy atom. The standard InChI is InChI=1S/C11H14N4OS/c1-12-6-9-8(7-16-2)15-11(17-9)10-13-4-3-5-14-10/h3-5,12H,6-7H2,1-2H3. The van der Waals surface area contributed by atoms with Crippen LogP contribution in [-0.2, 0) is 17.9 Å². The molecular weight excluding hydrogens is 236 g/mol. The van der Waals surface area contributed by atoms with Gasteiger partial charge in [0.25, 0.3) is 0 Å². The zero-order chi connectivity index (χ0) is 12.1. The highest BCUT2D eigenvalue weighted by Gasteiger charge is 2.13. The van der Waals surface area contributed by atoms with E-state index in [1.54, 1.807) is 36.9 Å². The number of rotatable bonds is 5. The van der Waals surface area contributed by atoms with Crippen LogP contribution in [-0.4, -0.2) is 29.1 Å². The number of hydrogen-bond acceptors (Lipinski definition) is 6. The fourth-order valence-corrected chi connectivity index (χ4v) is 2.46. The van der Waals surface area contributed by atoms with Gasteiger partial charge >= 0.3 is 0 Å². The molecule has 6 heteroatoms. The van der Waals surface area contributed by atoms with E-state index < -0.39 is 0 Å². The molecule has 0 spiro atoms. The summed E-state index contributed by atoms with van der Waals surface area (Å²) < 4.78 is 5.14. The molecule has 5 nitrogen and oxygen atoms in total. The third-order valence-electron chi connectivity index (χ3n) is 2.15. The lowest BCUT2D eigenvalue weighted by atomic mass is 10.4. The molecule has 0 fully saturated rings. The van der Waals surface area contributed by atoms with E-state index in [1.165, 1.54) is 0 Å². The maximum atomic E-state index is 5.14. The Kier molecular flexibility index (Phi) is 4.13. The van der Waals surface area contributed by atoms with Crippen LogP contribution in [0.15, 0.2) is 18.5 Å². The molecule has 0 aromatic carbocycles. The summed E-state index contributed by atoms with van der Waals surface area (Å²) in [5.41, 5.74) is 0.953. The van der Waals surface area contributed by atoms with E-state index >= 15 is 0 Å². The maximum Gasteiger partial charge on any atom is 0.188 e. The predicted octanol–water partition coefficient (Wildman–Crippen LogP) is 1.47. The zero-order valence-electron chi connectivity index (χ0n) is 9.80. The second-order valence-electron chi connectivity index (χ2n) is 3.42. The van der Waals surface area contributed by atoms with Gasteiger partial charge in [0.2, 0.25) is 0 Å². The smallest absolute Gasteiger partial charge is 0.188 e. The zero-order valence-corrected chi connectivity index (χ0v) is 10.6. The van der Waals surface area contributed by atoms with Crippen LogP contribution in [0, 0.1) is 0 Å². The van der Waals surface area contributed by atoms with Gasteiger partial charge in [0.05, 0.1) is 12.3 Å². The monoisotopic (exact) mass is 250 g/mol. The Labute approximate surface area is 104 Å². The number of aromatic nitrogens is 3. The Morgan fingerprint density at radius 1 is 1.35 bits per heavy atom. The van der Waals surface area contributed by atoms with Crippen molar-refractivity contribution in [1.82, 2.24) is 20.3 Å². The van der Waals surface area contributed by atoms with Crippen molar-refractivity contribution in [3.63, 3.8) is 0 Å². The van der Waals surface area contributed by atoms with E-state index in [9.17, 15) is 0 Å². The Morgan fingerprint density at radius 2 is 2.12 bits per heavy atom. The number of methoxy groups -OCH3 is 1. The van der Waals surface area contributed by atoms with Crippen molar-refractivity contribution in [1.29, 1.82) is 0 Å². The van der Waals surface area contributed by atoms with Crippen LogP contribution >= 0.6 is 11.3 Å². The average Bonchev–Trinajstić information content (AvgIpc) is 2.75. The van der Waals surface area contributed by atoms with Crippen LogP contribution in [0.3, 0.4) is 0 Å². The molecule has 2 aromatic heterocycles. The Balaban J connectivity index is 2.33. The van der Waals surface area contributed by atoms with Gasteiger partial charge in [0.15, 0.2) is 10.8 Å². The minimum atomic E-state index is 0.514. The summed E-state index contributed by atoms with van der Waals surface area (Å²) in [5, 5.41) is 3.96. The highest BCUT2D eigenvalue weighted by molar-refractivity contribution is 7.15. The highest BCUT2D eigenvalue weighted by Crippen LogP contribution is 2.25. The summed E-state index contributed by atoms with van der Waals surface area (Å²) in [6.45, 7) is 1.30. The van der Waals surface area contributed by atoms with E-state index in [1.807, 2.05) is 7.05 Å². The summed E-state index contributed by atoms with van der Waals surface area (Å²) in [5.74, 6) is 0.664. The van der Waals surface area contributed by atoms with Gasteiger partial charge in [0.1, 0.15) is 0 Å². The van der Waals surface area contributed by atoms with Crippen LogP contribution < -0.4 is 5.32 Å². The summed E-state index contributed by atoms with van der Waals surface area (Å²) >= 11 is 1.60. The van der Waals surface area contributed by atoms with Gasteiger partial charge in [-0.15, -0.1) is 11.3 Å². The lowest BCUT2D eigenvalue weighted by Crippen LogP contribution is -2.06. The molecule has 17 heavy (non-hydrogen) atoms. The van der Waals surface area contributed by atoms with Crippen molar-refractivity contribution in [3.8, 4) is 10.8 Å². The molecule has 0 saturated carbocycles. The van der Waals surface area contributed by atoms with Crippen molar-refractivity contribution in [2.45, 2.75) is 13.2 Å². The van der Waals surface area contributed by atoms with E-state index in [0.29, 0.717) is 12.4 Å². The molecule has 0 aliphatic carbocycles. The quantitative estimate of drug-likeness (QED) is 0.870. The first kappa shape index (κ1) is 12.1. The molecule has 0 unspecified atom stereocenters. The molecule has 0 aliphatic rings. The molecule has 2 rings (SSSR count). The lowest BCUT2D eigenvalue weighted by Gasteiger charge is -1.98. The highest BCUT2D eigenvalue weighted by atomic mass is 32.1. The lowest BCUT2D eigenvalue weighted by molar-refractivity contribution is 0.181. The minimum absolute atomic E-state index is 0.514. The molecule has 90 valence electrons. The van der Waals surface area contributed by atoms with Crippen LogP contribution in [0.2, 0.25) is 0 Å². The third kappa shape index (κ3) is 2.85. The number of thiazole rings is 1. The second kappa shape index (κ2) is 5.81. The largest absolute Gasteiger partial charge is 0.378 e. The molecule has 0 saturated heterocycles. The maximum absolute atomic E-state index is 5.14. The van der Waals surface area contributed by atoms with Gasteiger partial charge in [-0.3, -0.25) is 0 Å². The van der Waals surface area contributed by atoms with Gasteiger partial charge in [-0.25, -0.2) is 15.0 Å². The number of nitrogens with one attached hydrogen (secondary N) is 1. The first-order valence-corrected chi connectivity index (χ1v) is 6.06. The number of hydrogen-bond donors (Lipinski definition) is 1. The van der Waals surface area contributed by atoms with Crippen LogP contribution in [0.25, 0.3) is 10.8 Å². The Bertz CT molecular complexity index is 448. The van der Waals surface area contributed by atoms with Crippen LogP contribution in [0.1, 0.15) is 10.6 Å². The van der Waals surface area contributed by atoms with E-state index in [2.05, 4.69) is 20.3 Å². The number of nitrogens with zero attached hydrogens (tertiary/aromatic N) is 3. The van der Waals surface area contributed by atoms with E-state index in [-0.39, 0.29) is 0 Å². The molecule has 0 amide bonds. The van der Waals surface area contributed by atoms with Crippen molar-refractivity contribution in [2.75, 3.05) is 14.2 Å². The normalized spacial score (nSPS) is 10.7. The fourth-order valence-electron chi connectivity index (χ4n) is 1.44. The molecule has 2 aromatic rings. The van der Waals surface area contributed by atoms with Gasteiger partial charge in [-0.2, -0.15) is 0 Å². The average molecular weight is 250 g/mol. The van der Waals surface area contributed by atoms with Crippen molar-refractivity contribution < 1.29 is 4.74 Å². The van der Waals surface area contributed by atoms with Crippen molar-refractivity contribution >= 4 is 11.3 Å². The fraction of sp³-hybridized carbons (Fsp3) is 0.364. The number of ether oxygens (including phenoxy) is 1. The third-order valence-corrected chi connectivity index (χ3v) is 3.25. The minimum Gasteiger partial charge on any atom is -0.378 e. The van der Waals surface area contributed by atoms with Gasteiger partial charge < -0.3 is 10.1 Å². The summed E-state index contributed by atoms with van der Waals surface area (Å²) in [4.78, 5) is 14.1.